The Morgan fingerprint density at radius 1 is 1.19 bits per heavy atom. The Morgan fingerprint density at radius 3 is 2.62 bits per heavy atom. The first-order valence-corrected chi connectivity index (χ1v) is 7.46. The summed E-state index contributed by atoms with van der Waals surface area (Å²) in [6.45, 7) is 0.900. The fourth-order valence-corrected chi connectivity index (χ4v) is 3.62. The lowest BCUT2D eigenvalue weighted by molar-refractivity contribution is -0.0886. The molecule has 5 heteroatoms. The number of likely N-dealkylation sites (tertiary alicyclic amines) is 1. The molecule has 1 amide bonds. The van der Waals surface area contributed by atoms with Crippen molar-refractivity contribution in [1.82, 2.24) is 4.90 Å². The Bertz CT molecular complexity index is 543. The molecule has 1 aliphatic carbocycles. The molecule has 0 radical (unpaired) electrons. The highest BCUT2D eigenvalue weighted by molar-refractivity contribution is 5.94. The van der Waals surface area contributed by atoms with Crippen LogP contribution in [0.15, 0.2) is 18.2 Å². The smallest absolute Gasteiger partial charge is 0.254 e. The van der Waals surface area contributed by atoms with E-state index in [0.717, 1.165) is 43.9 Å². The van der Waals surface area contributed by atoms with Crippen LogP contribution in [0, 0.1) is 17.6 Å². The van der Waals surface area contributed by atoms with Gasteiger partial charge in [-0.1, -0.05) is 12.8 Å². The number of halogens is 2. The van der Waals surface area contributed by atoms with E-state index in [1.54, 1.807) is 4.90 Å². The molecule has 3 nitrogen and oxygen atoms in total. The van der Waals surface area contributed by atoms with E-state index in [4.69, 9.17) is 0 Å². The summed E-state index contributed by atoms with van der Waals surface area (Å²) in [6, 6.07) is 2.88. The second kappa shape index (κ2) is 5.37. The standard InChI is InChI=1S/C16H19F2NO2/c17-13-7-11(8-14(18)9-13)15(20)19-6-5-16(21)4-2-1-3-12(16)10-19/h7-9,12,21H,1-6,10H2. The Morgan fingerprint density at radius 2 is 1.90 bits per heavy atom. The van der Waals surface area contributed by atoms with Crippen LogP contribution in [0.4, 0.5) is 8.78 Å². The minimum atomic E-state index is -0.746. The lowest BCUT2D eigenvalue weighted by atomic mass is 9.71. The molecule has 1 heterocycles. The first-order valence-electron chi connectivity index (χ1n) is 7.46. The third kappa shape index (κ3) is 2.79. The van der Waals surface area contributed by atoms with Crippen LogP contribution in [0.1, 0.15) is 42.5 Å². The Balaban J connectivity index is 1.77. The maximum Gasteiger partial charge on any atom is 0.254 e. The zero-order valence-corrected chi connectivity index (χ0v) is 11.8. The first kappa shape index (κ1) is 14.4. The van der Waals surface area contributed by atoms with Crippen molar-refractivity contribution in [2.45, 2.75) is 37.7 Å². The van der Waals surface area contributed by atoms with Gasteiger partial charge in [-0.15, -0.1) is 0 Å². The molecule has 114 valence electrons. The SMILES string of the molecule is O=C(c1cc(F)cc(F)c1)N1CCC2(O)CCCCC2C1. The molecule has 1 saturated heterocycles. The third-order valence-corrected chi connectivity index (χ3v) is 4.82. The molecular weight excluding hydrogens is 276 g/mol. The van der Waals surface area contributed by atoms with Crippen molar-refractivity contribution in [3.05, 3.63) is 35.4 Å². The minimum absolute atomic E-state index is 0.0359. The molecule has 1 aromatic rings. The molecule has 2 fully saturated rings. The number of amides is 1. The largest absolute Gasteiger partial charge is 0.389 e. The molecule has 1 N–H and O–H groups in total. The van der Waals surface area contributed by atoms with Crippen LogP contribution in [0.5, 0.6) is 0 Å². The number of piperidine rings is 1. The van der Waals surface area contributed by atoms with Crippen LogP contribution in [0.3, 0.4) is 0 Å². The fraction of sp³-hybridized carbons (Fsp3) is 0.562. The average Bonchev–Trinajstić information content (AvgIpc) is 2.44. The lowest BCUT2D eigenvalue weighted by Crippen LogP contribution is -2.54. The van der Waals surface area contributed by atoms with Crippen molar-refractivity contribution >= 4 is 5.91 Å². The number of aliphatic hydroxyl groups is 1. The summed E-state index contributed by atoms with van der Waals surface area (Å²) in [5.41, 5.74) is -0.629. The molecule has 2 aliphatic rings. The van der Waals surface area contributed by atoms with Crippen LogP contribution >= 0.6 is 0 Å². The number of hydrogen-bond acceptors (Lipinski definition) is 2. The summed E-state index contributed by atoms with van der Waals surface area (Å²) in [7, 11) is 0. The van der Waals surface area contributed by atoms with Crippen LogP contribution < -0.4 is 0 Å². The number of nitrogens with zero attached hydrogens (tertiary/aromatic N) is 1. The summed E-state index contributed by atoms with van der Waals surface area (Å²) in [6.07, 6.45) is 4.31. The molecule has 21 heavy (non-hydrogen) atoms. The normalized spacial score (nSPS) is 29.1. The van der Waals surface area contributed by atoms with Crippen molar-refractivity contribution in [2.24, 2.45) is 5.92 Å². The van der Waals surface area contributed by atoms with E-state index in [1.807, 2.05) is 0 Å². The number of fused-ring (bicyclic) bond motifs is 1. The summed E-state index contributed by atoms with van der Waals surface area (Å²) in [5, 5.41) is 10.6. The van der Waals surface area contributed by atoms with Crippen molar-refractivity contribution in [1.29, 1.82) is 0 Å². The maximum absolute atomic E-state index is 13.2. The predicted octanol–water partition coefficient (Wildman–Crippen LogP) is 2.73. The second-order valence-corrected chi connectivity index (χ2v) is 6.21. The Hall–Kier alpha value is -1.49. The zero-order chi connectivity index (χ0) is 15.0. The minimum Gasteiger partial charge on any atom is -0.389 e. The van der Waals surface area contributed by atoms with Gasteiger partial charge in [-0.25, -0.2) is 8.78 Å². The van der Waals surface area contributed by atoms with Gasteiger partial charge in [-0.05, 0) is 31.4 Å². The summed E-state index contributed by atoms with van der Waals surface area (Å²) in [5.74, 6) is -1.78. The van der Waals surface area contributed by atoms with Crippen molar-refractivity contribution in [3.8, 4) is 0 Å². The van der Waals surface area contributed by atoms with Gasteiger partial charge in [-0.2, -0.15) is 0 Å². The van der Waals surface area contributed by atoms with Gasteiger partial charge in [0.15, 0.2) is 0 Å². The molecule has 2 unspecified atom stereocenters. The van der Waals surface area contributed by atoms with Crippen LogP contribution in [-0.4, -0.2) is 34.6 Å². The monoisotopic (exact) mass is 295 g/mol. The van der Waals surface area contributed by atoms with Gasteiger partial charge >= 0.3 is 0 Å². The number of carbonyl (C=O) groups excluding carboxylic acids is 1. The van der Waals surface area contributed by atoms with Gasteiger partial charge in [-0.3, -0.25) is 4.79 Å². The highest BCUT2D eigenvalue weighted by Crippen LogP contribution is 2.40. The van der Waals surface area contributed by atoms with Crippen LogP contribution in [0.2, 0.25) is 0 Å². The summed E-state index contributed by atoms with van der Waals surface area (Å²) < 4.78 is 26.5. The van der Waals surface area contributed by atoms with Crippen LogP contribution in [0.25, 0.3) is 0 Å². The molecule has 1 saturated carbocycles. The molecule has 1 aliphatic heterocycles. The molecule has 3 rings (SSSR count). The third-order valence-electron chi connectivity index (χ3n) is 4.82. The molecule has 1 aromatic carbocycles. The van der Waals surface area contributed by atoms with Gasteiger partial charge in [0.2, 0.25) is 0 Å². The average molecular weight is 295 g/mol. The van der Waals surface area contributed by atoms with E-state index in [2.05, 4.69) is 0 Å². The van der Waals surface area contributed by atoms with Gasteiger partial charge in [0.05, 0.1) is 5.60 Å². The van der Waals surface area contributed by atoms with E-state index in [0.29, 0.717) is 19.5 Å². The van der Waals surface area contributed by atoms with Crippen molar-refractivity contribution < 1.29 is 18.7 Å². The molecular formula is C16H19F2NO2. The molecule has 0 aromatic heterocycles. The van der Waals surface area contributed by atoms with Crippen LogP contribution in [-0.2, 0) is 0 Å². The summed E-state index contributed by atoms with van der Waals surface area (Å²) in [4.78, 5) is 14.0. The number of carbonyl (C=O) groups is 1. The number of benzene rings is 1. The first-order chi connectivity index (χ1) is 9.98. The van der Waals surface area contributed by atoms with Gasteiger partial charge in [0.25, 0.3) is 5.91 Å². The molecule has 0 bridgehead atoms. The quantitative estimate of drug-likeness (QED) is 0.865. The Labute approximate surface area is 122 Å². The van der Waals surface area contributed by atoms with E-state index >= 15 is 0 Å². The number of hydrogen-bond donors (Lipinski definition) is 1. The molecule has 0 spiro atoms. The van der Waals surface area contributed by atoms with E-state index in [-0.39, 0.29) is 17.4 Å². The maximum atomic E-state index is 13.2. The highest BCUT2D eigenvalue weighted by Gasteiger charge is 2.43. The number of rotatable bonds is 1. The lowest BCUT2D eigenvalue weighted by Gasteiger charge is -2.47. The van der Waals surface area contributed by atoms with Crippen molar-refractivity contribution in [3.63, 3.8) is 0 Å². The molecule has 2 atom stereocenters. The fourth-order valence-electron chi connectivity index (χ4n) is 3.62. The summed E-state index contributed by atoms with van der Waals surface area (Å²) >= 11 is 0. The highest BCUT2D eigenvalue weighted by atomic mass is 19.1. The predicted molar refractivity (Wildman–Crippen MR) is 73.8 cm³/mol. The zero-order valence-electron chi connectivity index (χ0n) is 11.8. The van der Waals surface area contributed by atoms with E-state index in [1.165, 1.54) is 0 Å². The van der Waals surface area contributed by atoms with Gasteiger partial charge in [0, 0.05) is 30.6 Å². The Kier molecular flexibility index (Phi) is 3.69. The second-order valence-electron chi connectivity index (χ2n) is 6.21. The topological polar surface area (TPSA) is 40.5 Å². The van der Waals surface area contributed by atoms with Gasteiger partial charge in [0.1, 0.15) is 11.6 Å². The van der Waals surface area contributed by atoms with Crippen molar-refractivity contribution in [2.75, 3.05) is 13.1 Å². The van der Waals surface area contributed by atoms with E-state index < -0.39 is 17.2 Å². The van der Waals surface area contributed by atoms with E-state index in [9.17, 15) is 18.7 Å². The van der Waals surface area contributed by atoms with Gasteiger partial charge < -0.3 is 10.0 Å².